The van der Waals surface area contributed by atoms with Crippen LogP contribution in [0.4, 0.5) is 5.82 Å². The van der Waals surface area contributed by atoms with Crippen LogP contribution in [0.5, 0.6) is 0 Å². The van der Waals surface area contributed by atoms with Crippen LogP contribution in [0.3, 0.4) is 0 Å². The standard InChI is InChI=1S/C6H3ClN6/c7-5-6(13-10)12-4(2-9)3(1-8)11-5/h10H2,(H,12,13). The minimum absolute atomic E-state index is 0.0435. The van der Waals surface area contributed by atoms with Crippen molar-refractivity contribution >= 4 is 17.4 Å². The second-order valence-corrected chi connectivity index (χ2v) is 2.29. The molecule has 0 saturated heterocycles. The second kappa shape index (κ2) is 3.68. The molecule has 1 heterocycles. The first kappa shape index (κ1) is 9.20. The minimum atomic E-state index is -0.119. The summed E-state index contributed by atoms with van der Waals surface area (Å²) in [5.41, 5.74) is 1.92. The van der Waals surface area contributed by atoms with Crippen LogP contribution in [0.15, 0.2) is 0 Å². The molecule has 0 aromatic carbocycles. The summed E-state index contributed by atoms with van der Waals surface area (Å²) in [4.78, 5) is 7.28. The fourth-order valence-electron chi connectivity index (χ4n) is 0.663. The zero-order valence-electron chi connectivity index (χ0n) is 6.24. The summed E-state index contributed by atoms with van der Waals surface area (Å²) in [5.74, 6) is 5.10. The van der Waals surface area contributed by atoms with Gasteiger partial charge in [0.2, 0.25) is 0 Å². The van der Waals surface area contributed by atoms with Crippen molar-refractivity contribution < 1.29 is 0 Å². The molecule has 13 heavy (non-hydrogen) atoms. The zero-order valence-corrected chi connectivity index (χ0v) is 7.00. The molecule has 0 aliphatic rings. The van der Waals surface area contributed by atoms with Crippen molar-refractivity contribution in [3.63, 3.8) is 0 Å². The Morgan fingerprint density at radius 2 is 1.77 bits per heavy atom. The summed E-state index contributed by atoms with van der Waals surface area (Å²) < 4.78 is 0. The molecule has 0 fully saturated rings. The van der Waals surface area contributed by atoms with Gasteiger partial charge in [-0.05, 0) is 0 Å². The molecule has 1 aromatic heterocycles. The van der Waals surface area contributed by atoms with Crippen molar-refractivity contribution in [2.45, 2.75) is 0 Å². The number of nitrogens with zero attached hydrogens (tertiary/aromatic N) is 4. The highest BCUT2D eigenvalue weighted by molar-refractivity contribution is 6.31. The van der Waals surface area contributed by atoms with Crippen molar-refractivity contribution in [3.05, 3.63) is 16.5 Å². The van der Waals surface area contributed by atoms with E-state index >= 15 is 0 Å². The molecular weight excluding hydrogens is 192 g/mol. The SMILES string of the molecule is N#Cc1nc(Cl)c(NN)nc1C#N. The third-order valence-corrected chi connectivity index (χ3v) is 1.47. The predicted octanol–water partition coefficient (Wildman–Crippen LogP) is 0.159. The number of aromatic nitrogens is 2. The molecule has 0 unspecified atom stereocenters. The third-order valence-electron chi connectivity index (χ3n) is 1.20. The molecule has 64 valence electrons. The second-order valence-electron chi connectivity index (χ2n) is 1.93. The monoisotopic (exact) mass is 194 g/mol. The molecule has 1 aromatic rings. The third kappa shape index (κ3) is 1.64. The van der Waals surface area contributed by atoms with E-state index in [0.717, 1.165) is 0 Å². The molecule has 6 nitrogen and oxygen atoms in total. The van der Waals surface area contributed by atoms with Crippen LogP contribution in [0.1, 0.15) is 11.4 Å². The van der Waals surface area contributed by atoms with Crippen LogP contribution in [0, 0.1) is 22.7 Å². The molecular formula is C6H3ClN6. The van der Waals surface area contributed by atoms with E-state index in [1.165, 1.54) is 0 Å². The lowest BCUT2D eigenvalue weighted by atomic mass is 10.3. The van der Waals surface area contributed by atoms with Crippen LogP contribution < -0.4 is 11.3 Å². The van der Waals surface area contributed by atoms with Crippen LogP contribution in [-0.4, -0.2) is 9.97 Å². The normalized spacial score (nSPS) is 8.62. The van der Waals surface area contributed by atoms with Crippen LogP contribution >= 0.6 is 11.6 Å². The predicted molar refractivity (Wildman–Crippen MR) is 44.3 cm³/mol. The molecule has 0 aliphatic heterocycles. The number of hydrogen-bond acceptors (Lipinski definition) is 6. The Hall–Kier alpha value is -1.89. The van der Waals surface area contributed by atoms with Gasteiger partial charge in [-0.25, -0.2) is 15.8 Å². The fraction of sp³-hybridized carbons (Fsp3) is 0. The lowest BCUT2D eigenvalue weighted by Gasteiger charge is -2.01. The summed E-state index contributed by atoms with van der Waals surface area (Å²) in [7, 11) is 0. The highest BCUT2D eigenvalue weighted by atomic mass is 35.5. The van der Waals surface area contributed by atoms with Gasteiger partial charge in [0, 0.05) is 0 Å². The molecule has 0 bridgehead atoms. The van der Waals surface area contributed by atoms with E-state index < -0.39 is 0 Å². The molecule has 0 spiro atoms. The van der Waals surface area contributed by atoms with Crippen molar-refractivity contribution in [1.29, 1.82) is 10.5 Å². The van der Waals surface area contributed by atoms with Gasteiger partial charge < -0.3 is 5.43 Å². The van der Waals surface area contributed by atoms with E-state index in [-0.39, 0.29) is 22.4 Å². The highest BCUT2D eigenvalue weighted by Gasteiger charge is 2.10. The average molecular weight is 195 g/mol. The molecule has 0 aliphatic carbocycles. The minimum Gasteiger partial charge on any atom is -0.306 e. The first-order chi connectivity index (χ1) is 6.22. The Morgan fingerprint density at radius 3 is 2.23 bits per heavy atom. The summed E-state index contributed by atoms with van der Waals surface area (Å²) in [6.07, 6.45) is 0. The summed E-state index contributed by atoms with van der Waals surface area (Å²) in [6, 6.07) is 3.39. The van der Waals surface area contributed by atoms with Gasteiger partial charge in [-0.3, -0.25) is 0 Å². The maximum Gasteiger partial charge on any atom is 0.179 e. The van der Waals surface area contributed by atoms with Gasteiger partial charge in [-0.2, -0.15) is 10.5 Å². The van der Waals surface area contributed by atoms with Gasteiger partial charge in [-0.1, -0.05) is 11.6 Å². The molecule has 1 rings (SSSR count). The molecule has 0 amide bonds. The maximum absolute atomic E-state index is 8.55. The molecule has 7 heteroatoms. The van der Waals surface area contributed by atoms with Crippen molar-refractivity contribution in [3.8, 4) is 12.1 Å². The Morgan fingerprint density at radius 1 is 1.23 bits per heavy atom. The van der Waals surface area contributed by atoms with E-state index in [1.54, 1.807) is 12.1 Å². The number of nitrogens with two attached hydrogens (primary N) is 1. The van der Waals surface area contributed by atoms with Gasteiger partial charge in [0.25, 0.3) is 0 Å². The van der Waals surface area contributed by atoms with Crippen molar-refractivity contribution in [1.82, 2.24) is 9.97 Å². The fourth-order valence-corrected chi connectivity index (χ4v) is 0.844. The first-order valence-corrected chi connectivity index (χ1v) is 3.45. The molecule has 3 N–H and O–H groups in total. The Balaban J connectivity index is 3.39. The van der Waals surface area contributed by atoms with Crippen molar-refractivity contribution in [2.75, 3.05) is 5.43 Å². The number of hydrogen-bond donors (Lipinski definition) is 2. The summed E-state index contributed by atoms with van der Waals surface area (Å²) in [5, 5.41) is 17.0. The van der Waals surface area contributed by atoms with Gasteiger partial charge in [0.15, 0.2) is 22.4 Å². The Kier molecular flexibility index (Phi) is 2.60. The number of nitriles is 2. The largest absolute Gasteiger partial charge is 0.306 e. The van der Waals surface area contributed by atoms with E-state index in [9.17, 15) is 0 Å². The number of anilines is 1. The van der Waals surface area contributed by atoms with Crippen LogP contribution in [-0.2, 0) is 0 Å². The van der Waals surface area contributed by atoms with E-state index in [1.807, 2.05) is 0 Å². The first-order valence-electron chi connectivity index (χ1n) is 3.07. The van der Waals surface area contributed by atoms with Crippen molar-refractivity contribution in [2.24, 2.45) is 5.84 Å². The Bertz CT molecular complexity index is 414. The topological polar surface area (TPSA) is 111 Å². The zero-order chi connectivity index (χ0) is 9.84. The van der Waals surface area contributed by atoms with Gasteiger partial charge in [0.1, 0.15) is 12.1 Å². The Labute approximate surface area is 78.5 Å². The van der Waals surface area contributed by atoms with E-state index in [2.05, 4.69) is 15.4 Å². The summed E-state index contributed by atoms with van der Waals surface area (Å²) in [6.45, 7) is 0. The number of nitrogens with one attached hydrogen (secondary N) is 1. The highest BCUT2D eigenvalue weighted by Crippen LogP contribution is 2.16. The van der Waals surface area contributed by atoms with Crippen LogP contribution in [0.25, 0.3) is 0 Å². The lowest BCUT2D eigenvalue weighted by Crippen LogP contribution is -2.11. The smallest absolute Gasteiger partial charge is 0.179 e. The van der Waals surface area contributed by atoms with E-state index in [4.69, 9.17) is 28.0 Å². The molecule has 0 saturated carbocycles. The average Bonchev–Trinajstić information content (AvgIpc) is 2.17. The summed E-state index contributed by atoms with van der Waals surface area (Å²) >= 11 is 5.56. The van der Waals surface area contributed by atoms with Gasteiger partial charge >= 0.3 is 0 Å². The van der Waals surface area contributed by atoms with Crippen LogP contribution in [0.2, 0.25) is 5.15 Å². The molecule has 0 atom stereocenters. The lowest BCUT2D eigenvalue weighted by molar-refractivity contribution is 1.11. The number of rotatable bonds is 1. The van der Waals surface area contributed by atoms with Gasteiger partial charge in [0.05, 0.1) is 0 Å². The number of nitrogen functional groups attached to an aromatic ring is 1. The van der Waals surface area contributed by atoms with E-state index in [0.29, 0.717) is 0 Å². The number of hydrazine groups is 1. The van der Waals surface area contributed by atoms with Gasteiger partial charge in [-0.15, -0.1) is 0 Å². The quantitative estimate of drug-likeness (QED) is 0.487. The number of halogens is 1. The molecule has 0 radical (unpaired) electrons. The maximum atomic E-state index is 8.55.